The minimum absolute atomic E-state index is 0.331. The Hall–Kier alpha value is -2.96. The molecule has 31 heavy (non-hydrogen) atoms. The maximum atomic E-state index is 11.2. The van der Waals surface area contributed by atoms with Gasteiger partial charge in [0.2, 0.25) is 0 Å². The van der Waals surface area contributed by atoms with Gasteiger partial charge in [0, 0.05) is 35.8 Å². The topological polar surface area (TPSA) is 82.8 Å². The van der Waals surface area contributed by atoms with Crippen LogP contribution in [-0.4, -0.2) is 57.7 Å². The molecule has 0 bridgehead atoms. The van der Waals surface area contributed by atoms with Crippen LogP contribution < -0.4 is 0 Å². The van der Waals surface area contributed by atoms with Crippen LogP contribution in [-0.2, 0) is 6.54 Å². The molecule has 0 aliphatic carbocycles. The number of aliphatic hydroxyl groups excluding tert-OH is 1. The summed E-state index contributed by atoms with van der Waals surface area (Å²) in [5.74, 6) is -0.879. The first-order valence-corrected chi connectivity index (χ1v) is 10.8. The molecular formula is C25H30N2O4. The average Bonchev–Trinajstić information content (AvgIpc) is 2.94. The zero-order valence-electron chi connectivity index (χ0n) is 17.7. The molecule has 2 heterocycles. The number of benzene rings is 2. The zero-order valence-corrected chi connectivity index (χ0v) is 17.7. The summed E-state index contributed by atoms with van der Waals surface area (Å²) in [6.07, 6.45) is 7.40. The summed E-state index contributed by atoms with van der Waals surface area (Å²) in [5, 5.41) is 19.8. The molecular weight excluding hydrogens is 392 g/mol. The van der Waals surface area contributed by atoms with Crippen molar-refractivity contribution in [2.24, 2.45) is 0 Å². The lowest BCUT2D eigenvalue weighted by Crippen LogP contribution is -2.35. The maximum absolute atomic E-state index is 11.2. The summed E-state index contributed by atoms with van der Waals surface area (Å²) in [5.41, 5.74) is 2.04. The highest BCUT2D eigenvalue weighted by atomic mass is 16.4. The Labute approximate surface area is 182 Å². The first kappa shape index (κ1) is 22.7. The number of carbonyl (C=O) groups excluding carboxylic acids is 1. The highest BCUT2D eigenvalue weighted by Crippen LogP contribution is 2.20. The van der Waals surface area contributed by atoms with Crippen molar-refractivity contribution >= 4 is 23.2 Å². The standard InChI is InChI=1S/C18H24N2O2.C7H6O2/c21-14-15-11-20(18-8-4-3-7-17(15)18)13-16(22)12-19-9-5-1-2-6-10-19;8-7(9)6-4-2-1-3-5-6/h3-4,7-8,11,14,16,22H,1-2,5-6,9-10,12-13H2;1-5H,(H,8,9). The fourth-order valence-corrected chi connectivity index (χ4v) is 4.00. The lowest BCUT2D eigenvalue weighted by molar-refractivity contribution is 0.0696. The van der Waals surface area contributed by atoms with Crippen LogP contribution in [0.3, 0.4) is 0 Å². The summed E-state index contributed by atoms with van der Waals surface area (Å²) in [6, 6.07) is 16.2. The number of carbonyl (C=O) groups is 2. The predicted molar refractivity (Wildman–Crippen MR) is 122 cm³/mol. The summed E-state index contributed by atoms with van der Waals surface area (Å²) in [6.45, 7) is 3.42. The monoisotopic (exact) mass is 422 g/mol. The number of aromatic carboxylic acids is 1. The average molecular weight is 423 g/mol. The van der Waals surface area contributed by atoms with Gasteiger partial charge in [-0.25, -0.2) is 4.79 Å². The Bertz CT molecular complexity index is 976. The Morgan fingerprint density at radius 2 is 1.58 bits per heavy atom. The van der Waals surface area contributed by atoms with Gasteiger partial charge >= 0.3 is 5.97 Å². The van der Waals surface area contributed by atoms with E-state index < -0.39 is 12.1 Å². The molecule has 0 amide bonds. The van der Waals surface area contributed by atoms with E-state index in [0.29, 0.717) is 24.2 Å². The molecule has 1 atom stereocenters. The molecule has 3 aromatic rings. The van der Waals surface area contributed by atoms with Crippen molar-refractivity contribution in [1.29, 1.82) is 0 Å². The van der Waals surface area contributed by atoms with Crippen LogP contribution in [0.4, 0.5) is 0 Å². The van der Waals surface area contributed by atoms with E-state index in [1.54, 1.807) is 30.3 Å². The van der Waals surface area contributed by atoms with Crippen LogP contribution >= 0.6 is 0 Å². The van der Waals surface area contributed by atoms with Gasteiger partial charge in [0.25, 0.3) is 0 Å². The molecule has 0 saturated carbocycles. The van der Waals surface area contributed by atoms with Crippen molar-refractivity contribution in [3.8, 4) is 0 Å². The first-order chi connectivity index (χ1) is 15.1. The molecule has 0 spiro atoms. The van der Waals surface area contributed by atoms with Gasteiger partial charge in [0.1, 0.15) is 0 Å². The van der Waals surface area contributed by atoms with E-state index in [1.165, 1.54) is 25.7 Å². The van der Waals surface area contributed by atoms with Gasteiger partial charge in [-0.2, -0.15) is 0 Å². The van der Waals surface area contributed by atoms with E-state index in [1.807, 2.05) is 35.0 Å². The molecule has 6 nitrogen and oxygen atoms in total. The van der Waals surface area contributed by atoms with Crippen molar-refractivity contribution in [2.75, 3.05) is 19.6 Å². The van der Waals surface area contributed by atoms with E-state index in [2.05, 4.69) is 4.90 Å². The number of likely N-dealkylation sites (tertiary alicyclic amines) is 1. The van der Waals surface area contributed by atoms with E-state index in [9.17, 15) is 14.7 Å². The van der Waals surface area contributed by atoms with Gasteiger partial charge in [-0.05, 0) is 44.1 Å². The SMILES string of the molecule is O=C(O)c1ccccc1.O=Cc1cn(CC(O)CN2CCCCCC2)c2ccccc12. The zero-order chi connectivity index (χ0) is 22.1. The third-order valence-electron chi connectivity index (χ3n) is 5.54. The first-order valence-electron chi connectivity index (χ1n) is 10.8. The van der Waals surface area contributed by atoms with Gasteiger partial charge in [0.05, 0.1) is 11.7 Å². The molecule has 1 aliphatic heterocycles. The number of aliphatic hydroxyl groups is 1. The van der Waals surface area contributed by atoms with Gasteiger partial charge in [-0.1, -0.05) is 49.2 Å². The van der Waals surface area contributed by atoms with Crippen molar-refractivity contribution in [3.63, 3.8) is 0 Å². The third-order valence-corrected chi connectivity index (χ3v) is 5.54. The number of β-amino-alcohol motifs (C(OH)–C–C–N with tert-alkyl or cyclic N) is 1. The molecule has 1 aliphatic rings. The molecule has 2 aromatic carbocycles. The lowest BCUT2D eigenvalue weighted by atomic mass is 10.2. The Morgan fingerprint density at radius 1 is 0.935 bits per heavy atom. The number of rotatable bonds is 6. The number of hydrogen-bond acceptors (Lipinski definition) is 4. The van der Waals surface area contributed by atoms with Gasteiger partial charge in [0.15, 0.2) is 6.29 Å². The highest BCUT2D eigenvalue weighted by Gasteiger charge is 2.16. The molecule has 1 aromatic heterocycles. The maximum Gasteiger partial charge on any atom is 0.335 e. The third kappa shape index (κ3) is 6.51. The Balaban J connectivity index is 0.000000254. The Kier molecular flexibility index (Phi) is 8.38. The summed E-state index contributed by atoms with van der Waals surface area (Å²) >= 11 is 0. The summed E-state index contributed by atoms with van der Waals surface area (Å²) in [4.78, 5) is 23.8. The number of carboxylic acid groups (broad SMARTS) is 1. The van der Waals surface area contributed by atoms with E-state index in [-0.39, 0.29) is 0 Å². The van der Waals surface area contributed by atoms with Crippen LogP contribution in [0, 0.1) is 0 Å². The number of para-hydroxylation sites is 1. The molecule has 164 valence electrons. The molecule has 1 fully saturated rings. The highest BCUT2D eigenvalue weighted by molar-refractivity contribution is 5.97. The van der Waals surface area contributed by atoms with E-state index in [4.69, 9.17) is 5.11 Å². The number of aldehydes is 1. The lowest BCUT2D eigenvalue weighted by Gasteiger charge is -2.23. The van der Waals surface area contributed by atoms with Gasteiger partial charge < -0.3 is 19.7 Å². The number of aromatic nitrogens is 1. The second-order valence-corrected chi connectivity index (χ2v) is 7.91. The molecule has 1 unspecified atom stereocenters. The molecule has 6 heteroatoms. The van der Waals surface area contributed by atoms with Crippen molar-refractivity contribution < 1.29 is 19.8 Å². The Morgan fingerprint density at radius 3 is 2.19 bits per heavy atom. The summed E-state index contributed by atoms with van der Waals surface area (Å²) < 4.78 is 2.00. The molecule has 0 radical (unpaired) electrons. The number of fused-ring (bicyclic) bond motifs is 1. The minimum atomic E-state index is -0.879. The van der Waals surface area contributed by atoms with Crippen molar-refractivity contribution in [1.82, 2.24) is 9.47 Å². The number of nitrogens with zero attached hydrogens (tertiary/aromatic N) is 2. The number of hydrogen-bond donors (Lipinski definition) is 2. The fraction of sp³-hybridized carbons (Fsp3) is 0.360. The van der Waals surface area contributed by atoms with Crippen molar-refractivity contribution in [2.45, 2.75) is 38.3 Å². The normalized spacial score (nSPS) is 15.5. The second-order valence-electron chi connectivity index (χ2n) is 7.91. The minimum Gasteiger partial charge on any atom is -0.478 e. The smallest absolute Gasteiger partial charge is 0.335 e. The number of carboxylic acids is 1. The predicted octanol–water partition coefficient (Wildman–Crippen LogP) is 4.08. The van der Waals surface area contributed by atoms with Crippen LogP contribution in [0.1, 0.15) is 46.4 Å². The quantitative estimate of drug-likeness (QED) is 0.585. The van der Waals surface area contributed by atoms with Crippen molar-refractivity contribution in [3.05, 3.63) is 71.9 Å². The van der Waals surface area contributed by atoms with Gasteiger partial charge in [-0.3, -0.25) is 4.79 Å². The fourth-order valence-electron chi connectivity index (χ4n) is 4.00. The van der Waals surface area contributed by atoms with Crippen LogP contribution in [0.2, 0.25) is 0 Å². The summed E-state index contributed by atoms with van der Waals surface area (Å²) in [7, 11) is 0. The van der Waals surface area contributed by atoms with Crippen LogP contribution in [0.15, 0.2) is 60.8 Å². The molecule has 1 saturated heterocycles. The molecule has 4 rings (SSSR count). The van der Waals surface area contributed by atoms with Crippen LogP contribution in [0.5, 0.6) is 0 Å². The largest absolute Gasteiger partial charge is 0.478 e. The van der Waals surface area contributed by atoms with Crippen LogP contribution in [0.25, 0.3) is 10.9 Å². The van der Waals surface area contributed by atoms with E-state index in [0.717, 1.165) is 30.3 Å². The van der Waals surface area contributed by atoms with E-state index >= 15 is 0 Å². The second kappa shape index (κ2) is 11.4. The van der Waals surface area contributed by atoms with Gasteiger partial charge in [-0.15, -0.1) is 0 Å². The molecule has 2 N–H and O–H groups in total.